The first-order valence-electron chi connectivity index (χ1n) is 4.15. The van der Waals surface area contributed by atoms with E-state index in [4.69, 9.17) is 4.74 Å². The van der Waals surface area contributed by atoms with Gasteiger partial charge in [0.05, 0.1) is 6.61 Å². The zero-order valence-corrected chi connectivity index (χ0v) is 8.58. The van der Waals surface area contributed by atoms with Gasteiger partial charge in [0.15, 0.2) is 0 Å². The molecule has 0 radical (unpaired) electrons. The molecule has 0 saturated carbocycles. The Morgan fingerprint density at radius 2 is 2.17 bits per heavy atom. The van der Waals surface area contributed by atoms with Gasteiger partial charge in [0.1, 0.15) is 0 Å². The van der Waals surface area contributed by atoms with Crippen LogP contribution < -0.4 is 0 Å². The highest BCUT2D eigenvalue weighted by Gasteiger charge is 2.06. The van der Waals surface area contributed by atoms with Crippen LogP contribution in [0.1, 0.15) is 20.3 Å². The number of carbonyl (C=O) groups is 1. The molecular formula is C9H16O2S. The van der Waals surface area contributed by atoms with Gasteiger partial charge in [0, 0.05) is 11.3 Å². The molecule has 0 aliphatic heterocycles. The molecule has 0 aliphatic carbocycles. The first-order chi connectivity index (χ1) is 5.72. The van der Waals surface area contributed by atoms with E-state index >= 15 is 0 Å². The molecule has 0 amide bonds. The van der Waals surface area contributed by atoms with E-state index in [1.54, 1.807) is 18.7 Å². The summed E-state index contributed by atoms with van der Waals surface area (Å²) in [5.41, 5.74) is 0.565. The Morgan fingerprint density at radius 1 is 1.50 bits per heavy atom. The Morgan fingerprint density at radius 3 is 2.67 bits per heavy atom. The SMILES string of the molecule is C=C(CSCCC)C(=O)OCC. The van der Waals surface area contributed by atoms with Gasteiger partial charge >= 0.3 is 5.97 Å². The van der Waals surface area contributed by atoms with Gasteiger partial charge in [0.2, 0.25) is 0 Å². The topological polar surface area (TPSA) is 26.3 Å². The third kappa shape index (κ3) is 5.24. The summed E-state index contributed by atoms with van der Waals surface area (Å²) < 4.78 is 4.78. The van der Waals surface area contributed by atoms with E-state index in [1.807, 2.05) is 0 Å². The minimum absolute atomic E-state index is 0.263. The number of carbonyl (C=O) groups excluding carboxylic acids is 1. The maximum atomic E-state index is 11.0. The van der Waals surface area contributed by atoms with Crippen molar-refractivity contribution in [3.05, 3.63) is 12.2 Å². The summed E-state index contributed by atoms with van der Waals surface area (Å²) in [6.45, 7) is 7.98. The van der Waals surface area contributed by atoms with Crippen molar-refractivity contribution in [3.63, 3.8) is 0 Å². The van der Waals surface area contributed by atoms with Gasteiger partial charge in [-0.3, -0.25) is 0 Å². The lowest BCUT2D eigenvalue weighted by Crippen LogP contribution is -2.08. The molecule has 0 aromatic carbocycles. The van der Waals surface area contributed by atoms with Crippen LogP contribution in [-0.2, 0) is 9.53 Å². The minimum Gasteiger partial charge on any atom is -0.463 e. The third-order valence-electron chi connectivity index (χ3n) is 1.19. The first kappa shape index (κ1) is 11.6. The predicted molar refractivity (Wildman–Crippen MR) is 53.4 cm³/mol. The van der Waals surface area contributed by atoms with Crippen molar-refractivity contribution in [3.8, 4) is 0 Å². The van der Waals surface area contributed by atoms with E-state index in [9.17, 15) is 4.79 Å². The molecule has 0 saturated heterocycles. The van der Waals surface area contributed by atoms with E-state index in [0.717, 1.165) is 12.2 Å². The summed E-state index contributed by atoms with van der Waals surface area (Å²) in [5, 5.41) is 0. The normalized spacial score (nSPS) is 9.50. The van der Waals surface area contributed by atoms with Crippen LogP contribution in [0, 0.1) is 0 Å². The Balaban J connectivity index is 3.50. The highest BCUT2D eigenvalue weighted by Crippen LogP contribution is 2.08. The fourth-order valence-corrected chi connectivity index (χ4v) is 1.43. The second kappa shape index (κ2) is 7.22. The third-order valence-corrected chi connectivity index (χ3v) is 2.44. The Hall–Kier alpha value is -0.440. The monoisotopic (exact) mass is 188 g/mol. The number of thioether (sulfide) groups is 1. The van der Waals surface area contributed by atoms with Crippen LogP contribution in [0.3, 0.4) is 0 Å². The van der Waals surface area contributed by atoms with Crippen molar-refractivity contribution < 1.29 is 9.53 Å². The lowest BCUT2D eigenvalue weighted by atomic mass is 10.4. The number of hydrogen-bond acceptors (Lipinski definition) is 3. The van der Waals surface area contributed by atoms with Crippen LogP contribution >= 0.6 is 11.8 Å². The van der Waals surface area contributed by atoms with Crippen molar-refractivity contribution in [2.24, 2.45) is 0 Å². The molecule has 70 valence electrons. The quantitative estimate of drug-likeness (QED) is 0.363. The zero-order chi connectivity index (χ0) is 9.40. The molecule has 0 N–H and O–H groups in total. The molecule has 12 heavy (non-hydrogen) atoms. The van der Waals surface area contributed by atoms with Crippen LogP contribution in [0.15, 0.2) is 12.2 Å². The summed E-state index contributed by atoms with van der Waals surface area (Å²) in [5.74, 6) is 1.49. The van der Waals surface area contributed by atoms with Gasteiger partial charge in [0.25, 0.3) is 0 Å². The van der Waals surface area contributed by atoms with Gasteiger partial charge in [-0.25, -0.2) is 4.79 Å². The van der Waals surface area contributed by atoms with Gasteiger partial charge in [-0.1, -0.05) is 13.5 Å². The van der Waals surface area contributed by atoms with Gasteiger partial charge in [-0.05, 0) is 19.1 Å². The second-order valence-corrected chi connectivity index (χ2v) is 3.48. The van der Waals surface area contributed by atoms with Crippen molar-refractivity contribution >= 4 is 17.7 Å². The summed E-state index contributed by atoms with van der Waals surface area (Å²) in [7, 11) is 0. The van der Waals surface area contributed by atoms with Crippen LogP contribution in [0.2, 0.25) is 0 Å². The van der Waals surface area contributed by atoms with Crippen molar-refractivity contribution in [2.75, 3.05) is 18.1 Å². The maximum absolute atomic E-state index is 11.0. The largest absolute Gasteiger partial charge is 0.463 e. The van der Waals surface area contributed by atoms with Gasteiger partial charge in [-0.15, -0.1) is 0 Å². The van der Waals surface area contributed by atoms with Gasteiger partial charge < -0.3 is 4.74 Å². The molecule has 0 aliphatic rings. The van der Waals surface area contributed by atoms with Crippen LogP contribution in [0.5, 0.6) is 0 Å². The highest BCUT2D eigenvalue weighted by molar-refractivity contribution is 7.99. The molecule has 2 nitrogen and oxygen atoms in total. The number of hydrogen-bond donors (Lipinski definition) is 0. The lowest BCUT2D eigenvalue weighted by Gasteiger charge is -2.03. The maximum Gasteiger partial charge on any atom is 0.334 e. The van der Waals surface area contributed by atoms with Crippen molar-refractivity contribution in [2.45, 2.75) is 20.3 Å². The molecule has 0 atom stereocenters. The van der Waals surface area contributed by atoms with Crippen molar-refractivity contribution in [1.82, 2.24) is 0 Å². The average molecular weight is 188 g/mol. The molecule has 0 fully saturated rings. The minimum atomic E-state index is -0.263. The fourth-order valence-electron chi connectivity index (χ4n) is 0.632. The molecule has 0 bridgehead atoms. The fraction of sp³-hybridized carbons (Fsp3) is 0.667. The molecule has 0 unspecified atom stereocenters. The van der Waals surface area contributed by atoms with Crippen molar-refractivity contribution in [1.29, 1.82) is 0 Å². The molecule has 0 rings (SSSR count). The predicted octanol–water partition coefficient (Wildman–Crippen LogP) is 2.25. The van der Waals surface area contributed by atoms with Gasteiger partial charge in [-0.2, -0.15) is 11.8 Å². The number of esters is 1. The molecule has 3 heteroatoms. The highest BCUT2D eigenvalue weighted by atomic mass is 32.2. The Bertz CT molecular complexity index is 155. The molecule has 0 aromatic rings. The summed E-state index contributed by atoms with van der Waals surface area (Å²) >= 11 is 1.72. The van der Waals surface area contributed by atoms with Crippen LogP contribution in [0.4, 0.5) is 0 Å². The molecule has 0 heterocycles. The zero-order valence-electron chi connectivity index (χ0n) is 7.76. The smallest absolute Gasteiger partial charge is 0.334 e. The Kier molecular flexibility index (Phi) is 6.96. The summed E-state index contributed by atoms with van der Waals surface area (Å²) in [6, 6.07) is 0. The van der Waals surface area contributed by atoms with E-state index in [0.29, 0.717) is 17.9 Å². The first-order valence-corrected chi connectivity index (χ1v) is 5.30. The number of ether oxygens (including phenoxy) is 1. The average Bonchev–Trinajstić information content (AvgIpc) is 2.05. The van der Waals surface area contributed by atoms with E-state index in [-0.39, 0.29) is 5.97 Å². The Labute approximate surface area is 78.4 Å². The summed E-state index contributed by atoms with van der Waals surface area (Å²) in [6.07, 6.45) is 1.13. The molecular weight excluding hydrogens is 172 g/mol. The summed E-state index contributed by atoms with van der Waals surface area (Å²) in [4.78, 5) is 11.0. The van der Waals surface area contributed by atoms with E-state index in [1.165, 1.54) is 0 Å². The number of rotatable bonds is 6. The molecule has 0 aromatic heterocycles. The van der Waals surface area contributed by atoms with Crippen LogP contribution in [-0.4, -0.2) is 24.1 Å². The standard InChI is InChI=1S/C9H16O2S/c1-4-6-12-7-8(3)9(10)11-5-2/h3-7H2,1-2H3. The molecule has 0 spiro atoms. The lowest BCUT2D eigenvalue weighted by molar-refractivity contribution is -0.138. The van der Waals surface area contributed by atoms with E-state index in [2.05, 4.69) is 13.5 Å². The van der Waals surface area contributed by atoms with Crippen LogP contribution in [0.25, 0.3) is 0 Å². The van der Waals surface area contributed by atoms with E-state index < -0.39 is 0 Å². The second-order valence-electron chi connectivity index (χ2n) is 2.38.